The first kappa shape index (κ1) is 13.5. The van der Waals surface area contributed by atoms with Gasteiger partial charge in [-0.2, -0.15) is 0 Å². The van der Waals surface area contributed by atoms with Gasteiger partial charge in [0.15, 0.2) is 0 Å². The number of hydrogen-bond donors (Lipinski definition) is 1. The summed E-state index contributed by atoms with van der Waals surface area (Å²) in [5.41, 5.74) is 0.914. The first-order valence-electron chi connectivity index (χ1n) is 6.26. The van der Waals surface area contributed by atoms with E-state index in [0.29, 0.717) is 19.5 Å². The summed E-state index contributed by atoms with van der Waals surface area (Å²) >= 11 is 0. The lowest BCUT2D eigenvalue weighted by Crippen LogP contribution is -2.44. The lowest BCUT2D eigenvalue weighted by Gasteiger charge is -2.28. The predicted molar refractivity (Wildman–Crippen MR) is 67.5 cm³/mol. The van der Waals surface area contributed by atoms with Crippen LogP contribution in [0.1, 0.15) is 18.9 Å². The predicted octanol–water partition coefficient (Wildman–Crippen LogP) is 1.63. The lowest BCUT2D eigenvalue weighted by molar-refractivity contribution is -0.142. The summed E-state index contributed by atoms with van der Waals surface area (Å²) in [5, 5.41) is 9.07. The van der Waals surface area contributed by atoms with Gasteiger partial charge in [0.2, 0.25) is 0 Å². The molecule has 1 aliphatic heterocycles. The molecule has 1 aromatic heterocycles. The Hall–Kier alpha value is -1.98. The van der Waals surface area contributed by atoms with Crippen molar-refractivity contribution in [3.05, 3.63) is 24.2 Å². The summed E-state index contributed by atoms with van der Waals surface area (Å²) in [5.74, 6) is -1.30. The van der Waals surface area contributed by atoms with Crippen molar-refractivity contribution in [1.82, 2.24) is 9.80 Å². The van der Waals surface area contributed by atoms with Crippen LogP contribution in [0.4, 0.5) is 4.79 Å². The third-order valence-electron chi connectivity index (χ3n) is 3.64. The second-order valence-corrected chi connectivity index (χ2v) is 4.94. The molecule has 1 saturated heterocycles. The Bertz CT molecular complexity index is 457. The number of nitrogens with zero attached hydrogens (tertiary/aromatic N) is 2. The average Bonchev–Trinajstić information content (AvgIpc) is 2.97. The molecule has 2 heterocycles. The van der Waals surface area contributed by atoms with Crippen LogP contribution >= 0.6 is 0 Å². The SMILES string of the molecule is CC1C(C(=O)O)CCN1C(=O)N(C)Cc1ccoc1. The van der Waals surface area contributed by atoms with Crippen LogP contribution in [0.5, 0.6) is 0 Å². The van der Waals surface area contributed by atoms with E-state index in [2.05, 4.69) is 0 Å². The number of likely N-dealkylation sites (tertiary alicyclic amines) is 1. The molecular weight excluding hydrogens is 248 g/mol. The number of amides is 2. The van der Waals surface area contributed by atoms with Gasteiger partial charge in [-0.3, -0.25) is 4.79 Å². The van der Waals surface area contributed by atoms with Crippen LogP contribution in [0, 0.1) is 5.92 Å². The molecule has 6 nitrogen and oxygen atoms in total. The van der Waals surface area contributed by atoms with Gasteiger partial charge in [-0.25, -0.2) is 4.79 Å². The first-order valence-corrected chi connectivity index (χ1v) is 6.26. The number of carboxylic acids is 1. The van der Waals surface area contributed by atoms with Crippen molar-refractivity contribution < 1.29 is 19.1 Å². The highest BCUT2D eigenvalue weighted by Crippen LogP contribution is 2.25. The molecular formula is C13H18N2O4. The lowest BCUT2D eigenvalue weighted by atomic mass is 10.0. The topological polar surface area (TPSA) is 74.0 Å². The van der Waals surface area contributed by atoms with E-state index in [0.717, 1.165) is 5.56 Å². The zero-order chi connectivity index (χ0) is 14.0. The highest BCUT2D eigenvalue weighted by atomic mass is 16.4. The molecule has 2 unspecified atom stereocenters. The van der Waals surface area contributed by atoms with E-state index in [1.165, 1.54) is 0 Å². The smallest absolute Gasteiger partial charge is 0.320 e. The molecule has 0 radical (unpaired) electrons. The van der Waals surface area contributed by atoms with Gasteiger partial charge in [0, 0.05) is 25.2 Å². The molecule has 1 N–H and O–H groups in total. The van der Waals surface area contributed by atoms with E-state index in [4.69, 9.17) is 9.52 Å². The highest BCUT2D eigenvalue weighted by molar-refractivity contribution is 5.78. The van der Waals surface area contributed by atoms with Crippen LogP contribution in [-0.2, 0) is 11.3 Å². The van der Waals surface area contributed by atoms with Gasteiger partial charge in [-0.05, 0) is 19.4 Å². The number of aliphatic carboxylic acids is 1. The fraction of sp³-hybridized carbons (Fsp3) is 0.538. The molecule has 2 amide bonds. The summed E-state index contributed by atoms with van der Waals surface area (Å²) in [7, 11) is 1.70. The molecule has 1 fully saturated rings. The fourth-order valence-corrected chi connectivity index (χ4v) is 2.48. The van der Waals surface area contributed by atoms with Gasteiger partial charge in [-0.15, -0.1) is 0 Å². The molecule has 1 aromatic rings. The molecule has 0 spiro atoms. The molecule has 0 aromatic carbocycles. The van der Waals surface area contributed by atoms with Crippen molar-refractivity contribution in [1.29, 1.82) is 0 Å². The zero-order valence-electron chi connectivity index (χ0n) is 11.1. The average molecular weight is 266 g/mol. The summed E-state index contributed by atoms with van der Waals surface area (Å²) in [6.07, 6.45) is 3.67. The number of urea groups is 1. The number of carboxylic acid groups (broad SMARTS) is 1. The van der Waals surface area contributed by atoms with Gasteiger partial charge >= 0.3 is 12.0 Å². The van der Waals surface area contributed by atoms with E-state index < -0.39 is 11.9 Å². The minimum atomic E-state index is -0.833. The Balaban J connectivity index is 1.98. The van der Waals surface area contributed by atoms with Crippen molar-refractivity contribution >= 4 is 12.0 Å². The number of hydrogen-bond acceptors (Lipinski definition) is 3. The van der Waals surface area contributed by atoms with Crippen LogP contribution < -0.4 is 0 Å². The van der Waals surface area contributed by atoms with Crippen LogP contribution in [0.25, 0.3) is 0 Å². The molecule has 0 saturated carbocycles. The highest BCUT2D eigenvalue weighted by Gasteiger charge is 2.39. The monoisotopic (exact) mass is 266 g/mol. The summed E-state index contributed by atoms with van der Waals surface area (Å²) in [6.45, 7) is 2.73. The van der Waals surface area contributed by atoms with E-state index in [-0.39, 0.29) is 12.1 Å². The molecule has 1 aliphatic rings. The number of furan rings is 1. The molecule has 19 heavy (non-hydrogen) atoms. The van der Waals surface area contributed by atoms with Gasteiger partial charge in [0.1, 0.15) is 0 Å². The van der Waals surface area contributed by atoms with Crippen molar-refractivity contribution in [2.24, 2.45) is 5.92 Å². The molecule has 2 atom stereocenters. The van der Waals surface area contributed by atoms with E-state index >= 15 is 0 Å². The van der Waals surface area contributed by atoms with E-state index in [1.54, 1.807) is 42.4 Å². The fourth-order valence-electron chi connectivity index (χ4n) is 2.48. The van der Waals surface area contributed by atoms with E-state index in [1.807, 2.05) is 0 Å². The summed E-state index contributed by atoms with van der Waals surface area (Å²) in [4.78, 5) is 26.5. The normalized spacial score (nSPS) is 22.5. The van der Waals surface area contributed by atoms with Gasteiger partial charge in [0.05, 0.1) is 25.0 Å². The summed E-state index contributed by atoms with van der Waals surface area (Å²) < 4.78 is 4.96. The second kappa shape index (κ2) is 5.34. The Morgan fingerprint density at radius 2 is 2.32 bits per heavy atom. The molecule has 104 valence electrons. The maximum absolute atomic E-state index is 12.3. The van der Waals surface area contributed by atoms with E-state index in [9.17, 15) is 9.59 Å². The maximum atomic E-state index is 12.3. The largest absolute Gasteiger partial charge is 0.481 e. The van der Waals surface area contributed by atoms with Crippen LogP contribution in [0.15, 0.2) is 23.0 Å². The van der Waals surface area contributed by atoms with Crippen LogP contribution in [-0.4, -0.2) is 46.5 Å². The first-order chi connectivity index (χ1) is 9.00. The Morgan fingerprint density at radius 1 is 1.58 bits per heavy atom. The van der Waals surface area contributed by atoms with Crippen molar-refractivity contribution in [2.75, 3.05) is 13.6 Å². The minimum Gasteiger partial charge on any atom is -0.481 e. The molecule has 2 rings (SSSR count). The van der Waals surface area contributed by atoms with Crippen LogP contribution in [0.2, 0.25) is 0 Å². The Morgan fingerprint density at radius 3 is 2.84 bits per heavy atom. The number of carbonyl (C=O) groups is 2. The zero-order valence-corrected chi connectivity index (χ0v) is 11.1. The van der Waals surface area contributed by atoms with Crippen molar-refractivity contribution in [3.8, 4) is 0 Å². The quantitative estimate of drug-likeness (QED) is 0.902. The minimum absolute atomic E-state index is 0.141. The van der Waals surface area contributed by atoms with Crippen molar-refractivity contribution in [2.45, 2.75) is 25.9 Å². The van der Waals surface area contributed by atoms with Gasteiger partial charge < -0.3 is 19.3 Å². The number of carbonyl (C=O) groups excluding carboxylic acids is 1. The standard InChI is InChI=1S/C13H18N2O4/c1-9-11(12(16)17)3-5-15(9)13(18)14(2)7-10-4-6-19-8-10/h4,6,8-9,11H,3,5,7H2,1-2H3,(H,16,17). The maximum Gasteiger partial charge on any atom is 0.320 e. The number of rotatable bonds is 3. The molecule has 6 heteroatoms. The third-order valence-corrected chi connectivity index (χ3v) is 3.64. The Kier molecular flexibility index (Phi) is 3.78. The molecule has 0 aliphatic carbocycles. The third kappa shape index (κ3) is 2.72. The second-order valence-electron chi connectivity index (χ2n) is 4.94. The molecule has 0 bridgehead atoms. The summed E-state index contributed by atoms with van der Waals surface area (Å²) in [6, 6.07) is 1.39. The van der Waals surface area contributed by atoms with Crippen molar-refractivity contribution in [3.63, 3.8) is 0 Å². The van der Waals surface area contributed by atoms with Crippen LogP contribution in [0.3, 0.4) is 0 Å². The Labute approximate surface area is 111 Å². The van der Waals surface area contributed by atoms with Gasteiger partial charge in [0.25, 0.3) is 0 Å². The van der Waals surface area contributed by atoms with Gasteiger partial charge in [-0.1, -0.05) is 0 Å².